The molecule has 0 spiro atoms. The van der Waals surface area contributed by atoms with E-state index in [2.05, 4.69) is 5.10 Å². The molecule has 0 radical (unpaired) electrons. The van der Waals surface area contributed by atoms with Crippen LogP contribution >= 0.6 is 0 Å². The van der Waals surface area contributed by atoms with Gasteiger partial charge in [0.1, 0.15) is 0 Å². The van der Waals surface area contributed by atoms with Gasteiger partial charge < -0.3 is 5.73 Å². The third-order valence-corrected chi connectivity index (χ3v) is 2.40. The van der Waals surface area contributed by atoms with E-state index < -0.39 is 0 Å². The van der Waals surface area contributed by atoms with E-state index >= 15 is 0 Å². The summed E-state index contributed by atoms with van der Waals surface area (Å²) in [5.41, 5.74) is 8.45. The minimum atomic E-state index is -0.308. The summed E-state index contributed by atoms with van der Waals surface area (Å²) >= 11 is 0. The van der Waals surface area contributed by atoms with E-state index in [4.69, 9.17) is 5.73 Å². The summed E-state index contributed by atoms with van der Waals surface area (Å²) in [7, 11) is 0. The van der Waals surface area contributed by atoms with E-state index in [9.17, 15) is 4.39 Å². The fourth-order valence-electron chi connectivity index (χ4n) is 1.53. The molecule has 0 saturated heterocycles. The quantitative estimate of drug-likeness (QED) is 0.803. The second-order valence-electron chi connectivity index (χ2n) is 3.66. The predicted molar refractivity (Wildman–Crippen MR) is 62.7 cm³/mol. The third kappa shape index (κ3) is 2.39. The molecule has 1 aromatic heterocycles. The van der Waals surface area contributed by atoms with Crippen LogP contribution in [0.3, 0.4) is 0 Å². The Morgan fingerprint density at radius 1 is 1.19 bits per heavy atom. The number of alkyl halides is 1. The van der Waals surface area contributed by atoms with Crippen LogP contribution in [0.25, 0.3) is 11.1 Å². The molecule has 16 heavy (non-hydrogen) atoms. The molecule has 0 aliphatic rings. The molecule has 1 aromatic carbocycles. The number of benzene rings is 1. The summed E-state index contributed by atoms with van der Waals surface area (Å²) in [6.07, 6.45) is 4.20. The Morgan fingerprint density at radius 2 is 1.94 bits per heavy atom. The van der Waals surface area contributed by atoms with E-state index in [-0.39, 0.29) is 6.67 Å². The number of aryl methyl sites for hydroxylation is 1. The Hall–Kier alpha value is -1.84. The van der Waals surface area contributed by atoms with Crippen molar-refractivity contribution in [2.75, 3.05) is 12.4 Å². The lowest BCUT2D eigenvalue weighted by molar-refractivity contribution is 0.435. The Balaban J connectivity index is 2.15. The van der Waals surface area contributed by atoms with Gasteiger partial charge in [0.25, 0.3) is 0 Å². The Bertz CT molecular complexity index is 448. The molecule has 84 valence electrons. The summed E-state index contributed by atoms with van der Waals surface area (Å²) < 4.78 is 13.8. The van der Waals surface area contributed by atoms with Gasteiger partial charge >= 0.3 is 0 Å². The molecular formula is C12H14FN3. The van der Waals surface area contributed by atoms with Crippen LogP contribution in [-0.2, 0) is 6.54 Å². The van der Waals surface area contributed by atoms with Gasteiger partial charge in [-0.25, -0.2) is 0 Å². The molecule has 2 N–H and O–H groups in total. The van der Waals surface area contributed by atoms with E-state index in [0.717, 1.165) is 16.8 Å². The van der Waals surface area contributed by atoms with Gasteiger partial charge in [-0.05, 0) is 24.1 Å². The molecule has 2 rings (SSSR count). The molecule has 0 saturated carbocycles. The lowest BCUT2D eigenvalue weighted by Crippen LogP contribution is -1.98. The van der Waals surface area contributed by atoms with Gasteiger partial charge in [-0.15, -0.1) is 0 Å². The summed E-state index contributed by atoms with van der Waals surface area (Å²) in [4.78, 5) is 0. The highest BCUT2D eigenvalue weighted by Crippen LogP contribution is 2.19. The average Bonchev–Trinajstić information content (AvgIpc) is 2.76. The van der Waals surface area contributed by atoms with E-state index in [1.807, 2.05) is 30.5 Å². The van der Waals surface area contributed by atoms with Crippen LogP contribution in [0.4, 0.5) is 10.1 Å². The number of hydrogen-bond donors (Lipinski definition) is 1. The maximum Gasteiger partial charge on any atom is 0.0912 e. The molecule has 0 aliphatic heterocycles. The van der Waals surface area contributed by atoms with Crippen molar-refractivity contribution in [3.63, 3.8) is 0 Å². The summed E-state index contributed by atoms with van der Waals surface area (Å²) in [5.74, 6) is 0. The van der Waals surface area contributed by atoms with Crippen LogP contribution in [0.1, 0.15) is 6.42 Å². The number of nitrogen functional groups attached to an aromatic ring is 1. The normalized spacial score (nSPS) is 10.6. The number of aromatic nitrogens is 2. The fraction of sp³-hybridized carbons (Fsp3) is 0.250. The fourth-order valence-corrected chi connectivity index (χ4v) is 1.53. The molecule has 0 bridgehead atoms. The molecule has 0 atom stereocenters. The summed E-state index contributed by atoms with van der Waals surface area (Å²) in [6, 6.07) is 7.61. The Morgan fingerprint density at radius 3 is 2.62 bits per heavy atom. The molecule has 0 fully saturated rings. The van der Waals surface area contributed by atoms with Gasteiger partial charge in [-0.2, -0.15) is 5.10 Å². The van der Waals surface area contributed by atoms with E-state index in [1.54, 1.807) is 10.9 Å². The van der Waals surface area contributed by atoms with E-state index in [0.29, 0.717) is 13.0 Å². The first-order chi connectivity index (χ1) is 7.79. The first kappa shape index (κ1) is 10.7. The molecular weight excluding hydrogens is 205 g/mol. The Kier molecular flexibility index (Phi) is 3.19. The molecule has 0 aliphatic carbocycles. The van der Waals surface area contributed by atoms with Crippen LogP contribution < -0.4 is 5.73 Å². The smallest absolute Gasteiger partial charge is 0.0912 e. The third-order valence-electron chi connectivity index (χ3n) is 2.40. The predicted octanol–water partition coefficient (Wildman–Crippen LogP) is 2.49. The number of anilines is 1. The zero-order valence-corrected chi connectivity index (χ0v) is 8.94. The SMILES string of the molecule is Nc1ccc(-c2cnn(CCCF)c2)cc1. The molecule has 0 unspecified atom stereocenters. The largest absolute Gasteiger partial charge is 0.399 e. The van der Waals surface area contributed by atoms with Gasteiger partial charge in [0.05, 0.1) is 12.9 Å². The topological polar surface area (TPSA) is 43.8 Å². The van der Waals surface area contributed by atoms with Crippen molar-refractivity contribution in [2.24, 2.45) is 0 Å². The minimum Gasteiger partial charge on any atom is -0.399 e. The summed E-state index contributed by atoms with van der Waals surface area (Å²) in [6.45, 7) is 0.308. The summed E-state index contributed by atoms with van der Waals surface area (Å²) in [5, 5.41) is 4.17. The molecule has 0 amide bonds. The molecule has 3 nitrogen and oxygen atoms in total. The molecule has 4 heteroatoms. The highest BCUT2D eigenvalue weighted by Gasteiger charge is 2.01. The van der Waals surface area contributed by atoms with Gasteiger partial charge in [0, 0.05) is 24.0 Å². The number of rotatable bonds is 4. The second kappa shape index (κ2) is 4.79. The van der Waals surface area contributed by atoms with Gasteiger partial charge in [-0.1, -0.05) is 12.1 Å². The lowest BCUT2D eigenvalue weighted by Gasteiger charge is -1.98. The van der Waals surface area contributed by atoms with Gasteiger partial charge in [0.15, 0.2) is 0 Å². The number of hydrogen-bond acceptors (Lipinski definition) is 2. The monoisotopic (exact) mass is 219 g/mol. The van der Waals surface area contributed by atoms with Gasteiger partial charge in [-0.3, -0.25) is 9.07 Å². The van der Waals surface area contributed by atoms with Gasteiger partial charge in [0.2, 0.25) is 0 Å². The average molecular weight is 219 g/mol. The van der Waals surface area contributed by atoms with Crippen LogP contribution in [0.5, 0.6) is 0 Å². The standard InChI is InChI=1S/C12H14FN3/c13-6-1-7-16-9-11(8-15-16)10-2-4-12(14)5-3-10/h2-5,8-9H,1,6-7,14H2. The van der Waals surface area contributed by atoms with Crippen molar-refractivity contribution in [1.29, 1.82) is 0 Å². The molecule has 2 aromatic rings. The van der Waals surface area contributed by atoms with Crippen molar-refractivity contribution in [2.45, 2.75) is 13.0 Å². The van der Waals surface area contributed by atoms with Crippen molar-refractivity contribution >= 4 is 5.69 Å². The van der Waals surface area contributed by atoms with Crippen molar-refractivity contribution in [1.82, 2.24) is 9.78 Å². The van der Waals surface area contributed by atoms with Crippen LogP contribution in [0, 0.1) is 0 Å². The van der Waals surface area contributed by atoms with Crippen molar-refractivity contribution in [3.05, 3.63) is 36.7 Å². The van der Waals surface area contributed by atoms with E-state index in [1.165, 1.54) is 0 Å². The molecule has 1 heterocycles. The highest BCUT2D eigenvalue weighted by atomic mass is 19.1. The maximum absolute atomic E-state index is 12.0. The van der Waals surface area contributed by atoms with Crippen molar-refractivity contribution < 1.29 is 4.39 Å². The van der Waals surface area contributed by atoms with Crippen LogP contribution in [0.2, 0.25) is 0 Å². The highest BCUT2D eigenvalue weighted by molar-refractivity contribution is 5.63. The first-order valence-electron chi connectivity index (χ1n) is 5.24. The first-order valence-corrected chi connectivity index (χ1v) is 5.24. The number of halogens is 1. The zero-order valence-electron chi connectivity index (χ0n) is 8.94. The number of nitrogens with zero attached hydrogens (tertiary/aromatic N) is 2. The maximum atomic E-state index is 12.0. The van der Waals surface area contributed by atoms with Crippen LogP contribution in [-0.4, -0.2) is 16.5 Å². The second-order valence-corrected chi connectivity index (χ2v) is 3.66. The number of nitrogens with two attached hydrogens (primary N) is 1. The zero-order chi connectivity index (χ0) is 11.4. The Labute approximate surface area is 93.7 Å². The van der Waals surface area contributed by atoms with Crippen LogP contribution in [0.15, 0.2) is 36.7 Å². The van der Waals surface area contributed by atoms with Crippen molar-refractivity contribution in [3.8, 4) is 11.1 Å². The minimum absolute atomic E-state index is 0.308. The lowest BCUT2D eigenvalue weighted by atomic mass is 10.1.